The Morgan fingerprint density at radius 1 is 1.39 bits per heavy atom. The van der Waals surface area contributed by atoms with Gasteiger partial charge in [0.1, 0.15) is 11.6 Å². The molecule has 2 nitrogen and oxygen atoms in total. The van der Waals surface area contributed by atoms with Gasteiger partial charge >= 0.3 is 0 Å². The molecular formula is C14H19ClFNO. The van der Waals surface area contributed by atoms with Crippen molar-refractivity contribution in [1.82, 2.24) is 5.32 Å². The Bertz CT molecular complexity index is 426. The summed E-state index contributed by atoms with van der Waals surface area (Å²) in [5, 5.41) is 3.32. The number of hydrogen-bond donors (Lipinski definition) is 1. The van der Waals surface area contributed by atoms with Crippen molar-refractivity contribution in [3.8, 4) is 0 Å². The number of nitrogens with one attached hydrogen (secondary N) is 1. The molecule has 0 aliphatic rings. The lowest BCUT2D eigenvalue weighted by atomic mass is 10.1. The summed E-state index contributed by atoms with van der Waals surface area (Å²) >= 11 is 5.66. The summed E-state index contributed by atoms with van der Waals surface area (Å²) in [6.07, 6.45) is 0.762. The molecule has 0 spiro atoms. The maximum atomic E-state index is 12.9. The maximum Gasteiger partial charge on any atom is 0.141 e. The highest BCUT2D eigenvalue weighted by atomic mass is 35.5. The zero-order valence-corrected chi connectivity index (χ0v) is 11.8. The van der Waals surface area contributed by atoms with Gasteiger partial charge in [0.25, 0.3) is 0 Å². The van der Waals surface area contributed by atoms with Gasteiger partial charge in [0.05, 0.1) is 5.02 Å². The van der Waals surface area contributed by atoms with Crippen molar-refractivity contribution in [2.75, 3.05) is 6.54 Å². The van der Waals surface area contributed by atoms with Crippen molar-refractivity contribution in [3.05, 3.63) is 34.6 Å². The molecular weight excluding hydrogens is 253 g/mol. The number of halogens is 2. The summed E-state index contributed by atoms with van der Waals surface area (Å²) in [5.41, 5.74) is 0.765. The highest BCUT2D eigenvalue weighted by Crippen LogP contribution is 2.16. The largest absolute Gasteiger partial charge is 0.312 e. The molecule has 1 N–H and O–H groups in total. The van der Waals surface area contributed by atoms with Crippen LogP contribution in [0.5, 0.6) is 0 Å². The molecule has 0 aliphatic heterocycles. The molecule has 0 unspecified atom stereocenters. The van der Waals surface area contributed by atoms with Gasteiger partial charge in [-0.1, -0.05) is 17.7 Å². The van der Waals surface area contributed by atoms with E-state index < -0.39 is 5.82 Å². The zero-order valence-electron chi connectivity index (χ0n) is 11.0. The first-order valence-corrected chi connectivity index (χ1v) is 6.36. The number of hydrogen-bond acceptors (Lipinski definition) is 2. The summed E-state index contributed by atoms with van der Waals surface area (Å²) < 4.78 is 12.9. The lowest BCUT2D eigenvalue weighted by Crippen LogP contribution is -2.37. The molecule has 1 aromatic rings. The predicted octanol–water partition coefficient (Wildman–Crippen LogP) is 3.37. The van der Waals surface area contributed by atoms with Crippen LogP contribution >= 0.6 is 11.6 Å². The standard InChI is InChI=1S/C14H19ClFNO/c1-14(2,3)17-7-6-11(18)8-10-4-5-13(16)12(15)9-10/h4-5,9,17H,6-8H2,1-3H3. The monoisotopic (exact) mass is 271 g/mol. The molecule has 1 aromatic carbocycles. The smallest absolute Gasteiger partial charge is 0.141 e. The Morgan fingerprint density at radius 3 is 2.61 bits per heavy atom. The molecule has 0 amide bonds. The first-order valence-electron chi connectivity index (χ1n) is 5.98. The second kappa shape index (κ2) is 6.30. The van der Waals surface area contributed by atoms with Crippen LogP contribution in [-0.2, 0) is 11.2 Å². The minimum atomic E-state index is -0.456. The van der Waals surface area contributed by atoms with Gasteiger partial charge in [-0.2, -0.15) is 0 Å². The Labute approximate surface area is 113 Å². The van der Waals surface area contributed by atoms with E-state index in [4.69, 9.17) is 11.6 Å². The van der Waals surface area contributed by atoms with Gasteiger partial charge in [0, 0.05) is 24.9 Å². The van der Waals surface area contributed by atoms with Crippen molar-refractivity contribution in [1.29, 1.82) is 0 Å². The van der Waals surface area contributed by atoms with E-state index in [2.05, 4.69) is 26.1 Å². The van der Waals surface area contributed by atoms with Crippen LogP contribution in [0.4, 0.5) is 4.39 Å². The molecule has 18 heavy (non-hydrogen) atoms. The van der Waals surface area contributed by atoms with Crippen LogP contribution in [0.3, 0.4) is 0 Å². The van der Waals surface area contributed by atoms with Gasteiger partial charge in [-0.05, 0) is 38.5 Å². The number of carbonyl (C=O) groups is 1. The molecule has 0 atom stereocenters. The molecule has 0 saturated heterocycles. The van der Waals surface area contributed by atoms with E-state index in [1.807, 2.05) is 0 Å². The topological polar surface area (TPSA) is 29.1 Å². The van der Waals surface area contributed by atoms with E-state index in [-0.39, 0.29) is 16.3 Å². The number of Topliss-reactive ketones (excluding diaryl/α,β-unsaturated/α-hetero) is 1. The van der Waals surface area contributed by atoms with E-state index in [0.717, 1.165) is 5.56 Å². The first-order chi connectivity index (χ1) is 8.28. The summed E-state index contributed by atoms with van der Waals surface area (Å²) in [5.74, 6) is -0.336. The number of rotatable bonds is 5. The van der Waals surface area contributed by atoms with E-state index in [9.17, 15) is 9.18 Å². The second-order valence-electron chi connectivity index (χ2n) is 5.39. The molecule has 4 heteroatoms. The third-order valence-electron chi connectivity index (χ3n) is 2.44. The van der Waals surface area contributed by atoms with Crippen LogP contribution < -0.4 is 5.32 Å². The molecule has 0 saturated carbocycles. The summed E-state index contributed by atoms with van der Waals surface area (Å²) in [6.45, 7) is 6.81. The van der Waals surface area contributed by atoms with E-state index >= 15 is 0 Å². The maximum absolute atomic E-state index is 12.9. The molecule has 0 aromatic heterocycles. The minimum Gasteiger partial charge on any atom is -0.312 e. The highest BCUT2D eigenvalue weighted by molar-refractivity contribution is 6.30. The van der Waals surface area contributed by atoms with Gasteiger partial charge in [-0.15, -0.1) is 0 Å². The number of benzene rings is 1. The SMILES string of the molecule is CC(C)(C)NCCC(=O)Cc1ccc(F)c(Cl)c1. The van der Waals surface area contributed by atoms with Crippen LogP contribution in [-0.4, -0.2) is 17.9 Å². The molecule has 0 aliphatic carbocycles. The average molecular weight is 272 g/mol. The third kappa shape index (κ3) is 5.61. The fraction of sp³-hybridized carbons (Fsp3) is 0.500. The predicted molar refractivity (Wildman–Crippen MR) is 72.5 cm³/mol. The average Bonchev–Trinajstić information content (AvgIpc) is 2.21. The van der Waals surface area contributed by atoms with Crippen LogP contribution in [0, 0.1) is 5.82 Å². The van der Waals surface area contributed by atoms with Crippen molar-refractivity contribution in [3.63, 3.8) is 0 Å². The highest BCUT2D eigenvalue weighted by Gasteiger charge is 2.10. The van der Waals surface area contributed by atoms with E-state index in [0.29, 0.717) is 19.4 Å². The van der Waals surface area contributed by atoms with Gasteiger partial charge in [-0.3, -0.25) is 4.79 Å². The Morgan fingerprint density at radius 2 is 2.06 bits per heavy atom. The molecule has 0 fully saturated rings. The third-order valence-corrected chi connectivity index (χ3v) is 2.73. The van der Waals surface area contributed by atoms with Crippen LogP contribution in [0.25, 0.3) is 0 Å². The Hall–Kier alpha value is -0.930. The molecule has 0 radical (unpaired) electrons. The quantitative estimate of drug-likeness (QED) is 0.890. The summed E-state index contributed by atoms with van der Waals surface area (Å²) in [4.78, 5) is 11.7. The lowest BCUT2D eigenvalue weighted by molar-refractivity contribution is -0.118. The molecule has 1 rings (SSSR count). The van der Waals surface area contributed by atoms with Crippen molar-refractivity contribution < 1.29 is 9.18 Å². The van der Waals surface area contributed by atoms with E-state index in [1.165, 1.54) is 12.1 Å². The van der Waals surface area contributed by atoms with Crippen LogP contribution in [0.1, 0.15) is 32.8 Å². The Balaban J connectivity index is 2.42. The molecule has 0 heterocycles. The number of ketones is 1. The van der Waals surface area contributed by atoms with Crippen molar-refractivity contribution in [2.45, 2.75) is 39.2 Å². The van der Waals surface area contributed by atoms with Crippen molar-refractivity contribution in [2.24, 2.45) is 0 Å². The summed E-state index contributed by atoms with van der Waals surface area (Å²) in [7, 11) is 0. The van der Waals surface area contributed by atoms with Gasteiger partial charge < -0.3 is 5.32 Å². The summed E-state index contributed by atoms with van der Waals surface area (Å²) in [6, 6.07) is 4.39. The zero-order chi connectivity index (χ0) is 13.8. The second-order valence-corrected chi connectivity index (χ2v) is 5.80. The van der Waals surface area contributed by atoms with Gasteiger partial charge in [0.2, 0.25) is 0 Å². The number of carbonyl (C=O) groups excluding carboxylic acids is 1. The first kappa shape index (κ1) is 15.1. The minimum absolute atomic E-state index is 0.0134. The lowest BCUT2D eigenvalue weighted by Gasteiger charge is -2.20. The normalized spacial score (nSPS) is 11.6. The molecule has 0 bridgehead atoms. The van der Waals surface area contributed by atoms with Crippen LogP contribution in [0.2, 0.25) is 5.02 Å². The fourth-order valence-electron chi connectivity index (χ4n) is 1.54. The molecule has 100 valence electrons. The van der Waals surface area contributed by atoms with Crippen molar-refractivity contribution >= 4 is 17.4 Å². The van der Waals surface area contributed by atoms with Gasteiger partial charge in [0.15, 0.2) is 0 Å². The van der Waals surface area contributed by atoms with Gasteiger partial charge in [-0.25, -0.2) is 4.39 Å². The van der Waals surface area contributed by atoms with Crippen LogP contribution in [0.15, 0.2) is 18.2 Å². The Kier molecular flexibility index (Phi) is 5.29. The van der Waals surface area contributed by atoms with E-state index in [1.54, 1.807) is 6.07 Å². The fourth-order valence-corrected chi connectivity index (χ4v) is 1.75.